The SMILES string of the molecule is CCC(C)[C@H](NC(=O)c1ccc(C)o1)C(=O)O. The third-order valence-corrected chi connectivity index (χ3v) is 2.73. The number of aliphatic carboxylic acids is 1. The van der Waals surface area contributed by atoms with E-state index in [1.807, 2.05) is 6.92 Å². The van der Waals surface area contributed by atoms with Crippen LogP contribution in [0.4, 0.5) is 0 Å². The highest BCUT2D eigenvalue weighted by Gasteiger charge is 2.26. The number of furan rings is 1. The Morgan fingerprint density at radius 2 is 2.12 bits per heavy atom. The topological polar surface area (TPSA) is 79.5 Å². The second-order valence-corrected chi connectivity index (χ2v) is 4.09. The molecule has 5 nitrogen and oxygen atoms in total. The summed E-state index contributed by atoms with van der Waals surface area (Å²) in [6, 6.07) is 2.30. The van der Waals surface area contributed by atoms with Crippen molar-refractivity contribution in [3.8, 4) is 0 Å². The molecule has 0 aliphatic rings. The van der Waals surface area contributed by atoms with Gasteiger partial charge in [-0.05, 0) is 25.0 Å². The molecule has 0 bridgehead atoms. The predicted molar refractivity (Wildman–Crippen MR) is 61.8 cm³/mol. The zero-order valence-electron chi connectivity index (χ0n) is 10.2. The molecule has 2 N–H and O–H groups in total. The van der Waals surface area contributed by atoms with Gasteiger partial charge in [0, 0.05) is 0 Å². The first-order valence-corrected chi connectivity index (χ1v) is 5.55. The maximum Gasteiger partial charge on any atom is 0.326 e. The van der Waals surface area contributed by atoms with E-state index in [0.29, 0.717) is 12.2 Å². The lowest BCUT2D eigenvalue weighted by atomic mass is 9.99. The number of aryl methyl sites for hydroxylation is 1. The van der Waals surface area contributed by atoms with Crippen LogP contribution in [0.2, 0.25) is 0 Å². The van der Waals surface area contributed by atoms with E-state index in [0.717, 1.165) is 0 Å². The lowest BCUT2D eigenvalue weighted by Crippen LogP contribution is -2.44. The van der Waals surface area contributed by atoms with Gasteiger partial charge < -0.3 is 14.8 Å². The summed E-state index contributed by atoms with van der Waals surface area (Å²) in [7, 11) is 0. The molecule has 1 unspecified atom stereocenters. The maximum absolute atomic E-state index is 11.7. The number of carbonyl (C=O) groups excluding carboxylic acids is 1. The number of hydrogen-bond donors (Lipinski definition) is 2. The normalized spacial score (nSPS) is 14.1. The first-order chi connectivity index (χ1) is 7.95. The number of nitrogens with one attached hydrogen (secondary N) is 1. The van der Waals surface area contributed by atoms with E-state index in [1.165, 1.54) is 6.07 Å². The molecule has 17 heavy (non-hydrogen) atoms. The molecule has 1 rings (SSSR count). The van der Waals surface area contributed by atoms with Crippen LogP contribution < -0.4 is 5.32 Å². The number of carboxylic acids is 1. The molecule has 2 atom stereocenters. The monoisotopic (exact) mass is 239 g/mol. The summed E-state index contributed by atoms with van der Waals surface area (Å²) in [5.41, 5.74) is 0. The van der Waals surface area contributed by atoms with Crippen LogP contribution in [-0.4, -0.2) is 23.0 Å². The molecule has 0 aromatic carbocycles. The van der Waals surface area contributed by atoms with Crippen LogP contribution in [-0.2, 0) is 4.79 Å². The fourth-order valence-electron chi connectivity index (χ4n) is 1.45. The molecule has 1 amide bonds. The van der Waals surface area contributed by atoms with Gasteiger partial charge in [0.2, 0.25) is 0 Å². The number of carboxylic acid groups (broad SMARTS) is 1. The summed E-state index contributed by atoms with van der Waals surface area (Å²) < 4.78 is 5.13. The third kappa shape index (κ3) is 3.34. The quantitative estimate of drug-likeness (QED) is 0.821. The van der Waals surface area contributed by atoms with E-state index in [2.05, 4.69) is 5.32 Å². The van der Waals surface area contributed by atoms with Crippen molar-refractivity contribution in [3.05, 3.63) is 23.7 Å². The Hall–Kier alpha value is -1.78. The van der Waals surface area contributed by atoms with Gasteiger partial charge in [-0.2, -0.15) is 0 Å². The van der Waals surface area contributed by atoms with E-state index in [-0.39, 0.29) is 11.7 Å². The van der Waals surface area contributed by atoms with Crippen LogP contribution in [0, 0.1) is 12.8 Å². The summed E-state index contributed by atoms with van der Waals surface area (Å²) >= 11 is 0. The van der Waals surface area contributed by atoms with Crippen molar-refractivity contribution in [2.75, 3.05) is 0 Å². The molecule has 0 radical (unpaired) electrons. The standard InChI is InChI=1S/C12H17NO4/c1-4-7(2)10(12(15)16)13-11(14)9-6-5-8(3)17-9/h5-7,10H,4H2,1-3H3,(H,13,14)(H,15,16)/t7?,10-/m0/s1. The van der Waals surface area contributed by atoms with Crippen LogP contribution in [0.3, 0.4) is 0 Å². The molecule has 1 aromatic heterocycles. The van der Waals surface area contributed by atoms with Gasteiger partial charge in [-0.1, -0.05) is 20.3 Å². The van der Waals surface area contributed by atoms with Gasteiger partial charge in [0.05, 0.1) is 0 Å². The molecular weight excluding hydrogens is 222 g/mol. The highest BCUT2D eigenvalue weighted by Crippen LogP contribution is 2.11. The summed E-state index contributed by atoms with van der Waals surface area (Å²) in [5.74, 6) is -0.906. The Morgan fingerprint density at radius 3 is 2.53 bits per heavy atom. The molecule has 1 heterocycles. The molecule has 0 fully saturated rings. The van der Waals surface area contributed by atoms with Gasteiger partial charge in [0.25, 0.3) is 5.91 Å². The largest absolute Gasteiger partial charge is 0.480 e. The second kappa shape index (κ2) is 5.52. The zero-order chi connectivity index (χ0) is 13.0. The van der Waals surface area contributed by atoms with Crippen LogP contribution in [0.25, 0.3) is 0 Å². The minimum atomic E-state index is -1.03. The number of amides is 1. The Labute approximate surface area is 99.8 Å². The molecular formula is C12H17NO4. The average molecular weight is 239 g/mol. The van der Waals surface area contributed by atoms with E-state index in [1.54, 1.807) is 19.9 Å². The Balaban J connectivity index is 2.74. The van der Waals surface area contributed by atoms with Crippen molar-refractivity contribution >= 4 is 11.9 Å². The molecule has 0 aliphatic carbocycles. The maximum atomic E-state index is 11.7. The number of rotatable bonds is 5. The van der Waals surface area contributed by atoms with Gasteiger partial charge in [-0.25, -0.2) is 4.79 Å². The first kappa shape index (κ1) is 13.3. The van der Waals surface area contributed by atoms with Crippen molar-refractivity contribution < 1.29 is 19.1 Å². The van der Waals surface area contributed by atoms with Crippen LogP contribution in [0.1, 0.15) is 36.6 Å². The summed E-state index contributed by atoms with van der Waals surface area (Å²) in [6.45, 7) is 5.39. The molecule has 0 saturated heterocycles. The van der Waals surface area contributed by atoms with Crippen LogP contribution in [0.5, 0.6) is 0 Å². The van der Waals surface area contributed by atoms with Gasteiger partial charge in [0.1, 0.15) is 11.8 Å². The molecule has 0 aliphatic heterocycles. The molecule has 1 aromatic rings. The van der Waals surface area contributed by atoms with E-state index in [9.17, 15) is 9.59 Å². The van der Waals surface area contributed by atoms with Crippen molar-refractivity contribution in [1.82, 2.24) is 5.32 Å². The predicted octanol–water partition coefficient (Wildman–Crippen LogP) is 1.82. The van der Waals surface area contributed by atoms with E-state index >= 15 is 0 Å². The van der Waals surface area contributed by atoms with Crippen molar-refractivity contribution in [2.24, 2.45) is 5.92 Å². The number of hydrogen-bond acceptors (Lipinski definition) is 3. The number of carbonyl (C=O) groups is 2. The summed E-state index contributed by atoms with van der Waals surface area (Å²) in [5, 5.41) is 11.5. The van der Waals surface area contributed by atoms with E-state index < -0.39 is 17.9 Å². The van der Waals surface area contributed by atoms with Crippen LogP contribution in [0.15, 0.2) is 16.5 Å². The van der Waals surface area contributed by atoms with Gasteiger partial charge in [-0.3, -0.25) is 4.79 Å². The Bertz CT molecular complexity index is 410. The molecule has 0 spiro atoms. The lowest BCUT2D eigenvalue weighted by molar-refractivity contribution is -0.140. The zero-order valence-corrected chi connectivity index (χ0v) is 10.2. The van der Waals surface area contributed by atoms with Crippen molar-refractivity contribution in [3.63, 3.8) is 0 Å². The highest BCUT2D eigenvalue weighted by molar-refractivity contribution is 5.94. The van der Waals surface area contributed by atoms with Gasteiger partial charge in [0.15, 0.2) is 5.76 Å². The Kier molecular flexibility index (Phi) is 4.31. The lowest BCUT2D eigenvalue weighted by Gasteiger charge is -2.19. The Morgan fingerprint density at radius 1 is 1.47 bits per heavy atom. The fraction of sp³-hybridized carbons (Fsp3) is 0.500. The molecule has 5 heteroatoms. The van der Waals surface area contributed by atoms with Gasteiger partial charge >= 0.3 is 5.97 Å². The minimum Gasteiger partial charge on any atom is -0.480 e. The second-order valence-electron chi connectivity index (χ2n) is 4.09. The fourth-order valence-corrected chi connectivity index (χ4v) is 1.45. The molecule has 94 valence electrons. The van der Waals surface area contributed by atoms with Crippen LogP contribution >= 0.6 is 0 Å². The highest BCUT2D eigenvalue weighted by atomic mass is 16.4. The summed E-state index contributed by atoms with van der Waals surface area (Å²) in [6.07, 6.45) is 0.675. The van der Waals surface area contributed by atoms with Crippen molar-refractivity contribution in [2.45, 2.75) is 33.2 Å². The van der Waals surface area contributed by atoms with E-state index in [4.69, 9.17) is 9.52 Å². The average Bonchev–Trinajstić information content (AvgIpc) is 2.71. The first-order valence-electron chi connectivity index (χ1n) is 5.55. The smallest absolute Gasteiger partial charge is 0.326 e. The van der Waals surface area contributed by atoms with Crippen molar-refractivity contribution in [1.29, 1.82) is 0 Å². The third-order valence-electron chi connectivity index (χ3n) is 2.73. The summed E-state index contributed by atoms with van der Waals surface area (Å²) in [4.78, 5) is 22.8. The minimum absolute atomic E-state index is 0.132. The van der Waals surface area contributed by atoms with Gasteiger partial charge in [-0.15, -0.1) is 0 Å². The molecule has 0 saturated carbocycles.